The van der Waals surface area contributed by atoms with E-state index < -0.39 is 10.0 Å². The highest BCUT2D eigenvalue weighted by Gasteiger charge is 2.14. The van der Waals surface area contributed by atoms with Gasteiger partial charge in [-0.1, -0.05) is 30.3 Å². The van der Waals surface area contributed by atoms with E-state index in [-0.39, 0.29) is 29.7 Å². The van der Waals surface area contributed by atoms with E-state index in [1.54, 1.807) is 0 Å². The van der Waals surface area contributed by atoms with Crippen molar-refractivity contribution in [3.8, 4) is 0 Å². The molecule has 0 aliphatic carbocycles. The third kappa shape index (κ3) is 7.50. The highest BCUT2D eigenvalue weighted by Crippen LogP contribution is 2.13. The van der Waals surface area contributed by atoms with Crippen LogP contribution >= 0.6 is 0 Å². The van der Waals surface area contributed by atoms with Crippen molar-refractivity contribution in [2.75, 3.05) is 18.4 Å². The van der Waals surface area contributed by atoms with E-state index in [9.17, 15) is 18.0 Å². The zero-order chi connectivity index (χ0) is 20.4. The Labute approximate surface area is 165 Å². The van der Waals surface area contributed by atoms with E-state index in [1.807, 2.05) is 30.3 Å². The molecule has 2 rings (SSSR count). The van der Waals surface area contributed by atoms with Gasteiger partial charge in [0.25, 0.3) is 0 Å². The molecule has 0 aliphatic rings. The van der Waals surface area contributed by atoms with Crippen LogP contribution in [0, 0.1) is 0 Å². The van der Waals surface area contributed by atoms with Gasteiger partial charge in [0.15, 0.2) is 0 Å². The fourth-order valence-electron chi connectivity index (χ4n) is 2.56. The number of nitrogens with one attached hydrogen (secondary N) is 3. The highest BCUT2D eigenvalue weighted by atomic mass is 32.2. The third-order valence-electron chi connectivity index (χ3n) is 3.94. The van der Waals surface area contributed by atoms with Gasteiger partial charge in [-0.05, 0) is 42.7 Å². The Kier molecular flexibility index (Phi) is 8.16. The van der Waals surface area contributed by atoms with Crippen molar-refractivity contribution in [3.63, 3.8) is 0 Å². The van der Waals surface area contributed by atoms with Gasteiger partial charge in [-0.25, -0.2) is 13.1 Å². The van der Waals surface area contributed by atoms with Gasteiger partial charge < -0.3 is 10.6 Å². The zero-order valence-corrected chi connectivity index (χ0v) is 16.6. The molecular formula is C20H25N3O4S. The maximum Gasteiger partial charge on any atom is 0.240 e. The number of carbonyl (C=O) groups excluding carboxylic acids is 2. The van der Waals surface area contributed by atoms with Crippen molar-refractivity contribution in [2.24, 2.45) is 0 Å². The average molecular weight is 404 g/mol. The van der Waals surface area contributed by atoms with Crippen LogP contribution < -0.4 is 15.4 Å². The van der Waals surface area contributed by atoms with Crippen LogP contribution in [0.5, 0.6) is 0 Å². The van der Waals surface area contributed by atoms with Crippen molar-refractivity contribution < 1.29 is 18.0 Å². The normalized spacial score (nSPS) is 11.0. The molecule has 2 aromatic rings. The van der Waals surface area contributed by atoms with Gasteiger partial charge in [0.2, 0.25) is 21.8 Å². The Balaban J connectivity index is 1.69. The Morgan fingerprint density at radius 2 is 1.61 bits per heavy atom. The van der Waals surface area contributed by atoms with Crippen LogP contribution in [-0.2, 0) is 26.0 Å². The summed E-state index contributed by atoms with van der Waals surface area (Å²) in [5, 5.41) is 5.36. The van der Waals surface area contributed by atoms with Crippen molar-refractivity contribution in [1.29, 1.82) is 0 Å². The maximum atomic E-state index is 12.2. The largest absolute Gasteiger partial charge is 0.356 e. The Hall–Kier alpha value is -2.71. The summed E-state index contributed by atoms with van der Waals surface area (Å²) in [5.74, 6) is -0.430. The Morgan fingerprint density at radius 1 is 0.929 bits per heavy atom. The molecule has 150 valence electrons. The smallest absolute Gasteiger partial charge is 0.240 e. The van der Waals surface area contributed by atoms with Crippen LogP contribution in [-0.4, -0.2) is 33.3 Å². The van der Waals surface area contributed by atoms with Gasteiger partial charge >= 0.3 is 0 Å². The Morgan fingerprint density at radius 3 is 2.25 bits per heavy atom. The first-order chi connectivity index (χ1) is 13.4. The van der Waals surface area contributed by atoms with E-state index in [0.29, 0.717) is 12.2 Å². The number of sulfonamides is 1. The van der Waals surface area contributed by atoms with Gasteiger partial charge in [0.1, 0.15) is 0 Å². The molecule has 0 saturated heterocycles. The fourth-order valence-corrected chi connectivity index (χ4v) is 3.59. The lowest BCUT2D eigenvalue weighted by atomic mass is 10.1. The summed E-state index contributed by atoms with van der Waals surface area (Å²) in [7, 11) is -3.71. The third-order valence-corrected chi connectivity index (χ3v) is 5.41. The molecule has 2 amide bonds. The molecule has 0 fully saturated rings. The molecule has 0 bridgehead atoms. The minimum atomic E-state index is -3.71. The van der Waals surface area contributed by atoms with Gasteiger partial charge in [-0.3, -0.25) is 9.59 Å². The second kappa shape index (κ2) is 10.6. The lowest BCUT2D eigenvalue weighted by Crippen LogP contribution is -2.31. The molecule has 0 aliphatic heterocycles. The molecule has 7 nitrogen and oxygen atoms in total. The summed E-state index contributed by atoms with van der Waals surface area (Å²) in [5.41, 5.74) is 1.73. The van der Waals surface area contributed by atoms with Gasteiger partial charge in [-0.2, -0.15) is 0 Å². The molecule has 0 unspecified atom stereocenters. The highest BCUT2D eigenvalue weighted by molar-refractivity contribution is 7.89. The molecule has 0 radical (unpaired) electrons. The topological polar surface area (TPSA) is 104 Å². The van der Waals surface area contributed by atoms with Crippen LogP contribution in [0.4, 0.5) is 5.69 Å². The minimum Gasteiger partial charge on any atom is -0.356 e. The molecule has 0 spiro atoms. The quantitative estimate of drug-likeness (QED) is 0.528. The lowest BCUT2D eigenvalue weighted by Gasteiger charge is -2.09. The molecule has 2 aromatic carbocycles. The second-order valence-electron chi connectivity index (χ2n) is 6.29. The van der Waals surface area contributed by atoms with Crippen molar-refractivity contribution >= 4 is 27.5 Å². The summed E-state index contributed by atoms with van der Waals surface area (Å²) in [6.07, 6.45) is 1.76. The first-order valence-electron chi connectivity index (χ1n) is 9.05. The number of amides is 2. The van der Waals surface area contributed by atoms with E-state index >= 15 is 0 Å². The number of anilines is 1. The van der Waals surface area contributed by atoms with Crippen molar-refractivity contribution in [3.05, 3.63) is 60.2 Å². The predicted molar refractivity (Wildman–Crippen MR) is 108 cm³/mol. The second-order valence-corrected chi connectivity index (χ2v) is 8.06. The van der Waals surface area contributed by atoms with E-state index in [4.69, 9.17) is 0 Å². The molecular weight excluding hydrogens is 378 g/mol. The maximum absolute atomic E-state index is 12.2. The van der Waals surface area contributed by atoms with Gasteiger partial charge in [-0.15, -0.1) is 0 Å². The molecule has 28 heavy (non-hydrogen) atoms. The summed E-state index contributed by atoms with van der Waals surface area (Å²) in [6.45, 7) is 1.93. The fraction of sp³-hybridized carbons (Fsp3) is 0.300. The summed E-state index contributed by atoms with van der Waals surface area (Å²) < 4.78 is 26.9. The summed E-state index contributed by atoms with van der Waals surface area (Å²) in [6, 6.07) is 15.8. The van der Waals surface area contributed by atoms with Crippen molar-refractivity contribution in [1.82, 2.24) is 10.0 Å². The number of carbonyl (C=O) groups is 2. The average Bonchev–Trinajstić information content (AvgIpc) is 2.66. The summed E-state index contributed by atoms with van der Waals surface area (Å²) in [4.78, 5) is 22.9. The van der Waals surface area contributed by atoms with E-state index in [0.717, 1.165) is 12.8 Å². The SMILES string of the molecule is CC(=O)Nc1ccc(S(=O)(=O)NCCC(=O)NCCCc2ccccc2)cc1. The summed E-state index contributed by atoms with van der Waals surface area (Å²) >= 11 is 0. The molecule has 0 saturated carbocycles. The number of benzene rings is 2. The van der Waals surface area contributed by atoms with Crippen LogP contribution in [0.1, 0.15) is 25.3 Å². The minimum absolute atomic E-state index is 0.0142. The van der Waals surface area contributed by atoms with Gasteiger partial charge in [0, 0.05) is 32.1 Å². The molecule has 0 atom stereocenters. The molecule has 0 heterocycles. The first-order valence-corrected chi connectivity index (χ1v) is 10.5. The molecule has 0 aromatic heterocycles. The van der Waals surface area contributed by atoms with Crippen LogP contribution in [0.15, 0.2) is 59.5 Å². The molecule has 8 heteroatoms. The zero-order valence-electron chi connectivity index (χ0n) is 15.8. The Bertz CT molecular complexity index is 881. The number of rotatable bonds is 10. The number of hydrogen-bond donors (Lipinski definition) is 3. The lowest BCUT2D eigenvalue weighted by molar-refractivity contribution is -0.121. The van der Waals surface area contributed by atoms with Crippen LogP contribution in [0.3, 0.4) is 0 Å². The number of hydrogen-bond acceptors (Lipinski definition) is 4. The van der Waals surface area contributed by atoms with E-state index in [2.05, 4.69) is 15.4 Å². The van der Waals surface area contributed by atoms with Gasteiger partial charge in [0.05, 0.1) is 4.90 Å². The molecule has 3 N–H and O–H groups in total. The van der Waals surface area contributed by atoms with E-state index in [1.165, 1.54) is 36.8 Å². The van der Waals surface area contributed by atoms with Crippen molar-refractivity contribution in [2.45, 2.75) is 31.1 Å². The first kappa shape index (κ1) is 21.6. The monoisotopic (exact) mass is 403 g/mol. The van der Waals surface area contributed by atoms with Crippen LogP contribution in [0.25, 0.3) is 0 Å². The van der Waals surface area contributed by atoms with Crippen LogP contribution in [0.2, 0.25) is 0 Å². The number of aryl methyl sites for hydroxylation is 1. The predicted octanol–water partition coefficient (Wildman–Crippen LogP) is 2.06. The standard InChI is InChI=1S/C20H25N3O4S/c1-16(24)23-18-9-11-19(12-10-18)28(26,27)22-15-13-20(25)21-14-5-8-17-6-3-2-4-7-17/h2-4,6-7,9-12,22H,5,8,13-15H2,1H3,(H,21,25)(H,23,24).